The van der Waals surface area contributed by atoms with Crippen LogP contribution >= 0.6 is 12.1 Å². The maximum Gasteiger partial charge on any atom is 0.0484 e. The molecule has 0 aromatic carbocycles. The number of hydrogen-bond donors (Lipinski definition) is 0. The average Bonchev–Trinajstić information content (AvgIpc) is 1.41. The molecule has 0 radical (unpaired) electrons. The Kier molecular flexibility index (Phi) is 4.04. The summed E-state index contributed by atoms with van der Waals surface area (Å²) in [7, 11) is 0. The van der Waals surface area contributed by atoms with E-state index in [4.69, 9.17) is 0 Å². The van der Waals surface area contributed by atoms with Crippen molar-refractivity contribution >= 4 is 12.1 Å². The highest BCUT2D eigenvalue weighted by Gasteiger charge is 1.67. The molecule has 2 heteroatoms. The Morgan fingerprint density at radius 3 is 2.60 bits per heavy atom. The van der Waals surface area contributed by atoms with E-state index in [1.165, 1.54) is 6.08 Å². The summed E-state index contributed by atoms with van der Waals surface area (Å²) in [6.45, 7) is 3.29. The molecule has 0 rings (SSSR count). The van der Waals surface area contributed by atoms with Gasteiger partial charge in [0.25, 0.3) is 0 Å². The van der Waals surface area contributed by atoms with E-state index in [9.17, 15) is 3.89 Å². The van der Waals surface area contributed by atoms with Gasteiger partial charge < -0.3 is 0 Å². The van der Waals surface area contributed by atoms with Crippen molar-refractivity contribution in [2.75, 3.05) is 5.75 Å². The Hall–Kier alpha value is 0.0200. The van der Waals surface area contributed by atoms with Gasteiger partial charge in [-0.1, -0.05) is 6.08 Å². The molecule has 0 atom stereocenters. The molecule has 0 saturated carbocycles. The maximum absolute atomic E-state index is 10.8. The predicted octanol–water partition coefficient (Wildman–Crippen LogP) is 1.79. The minimum Gasteiger partial charge on any atom is -0.165 e. The second-order valence-electron chi connectivity index (χ2n) is 0.564. The molecule has 0 amide bonds. The molecule has 0 nitrogen and oxygen atoms in total. The second kappa shape index (κ2) is 4.02. The van der Waals surface area contributed by atoms with Crippen LogP contribution in [0, 0.1) is 0 Å². The summed E-state index contributed by atoms with van der Waals surface area (Å²) in [5.74, 6) is 0.403. The Morgan fingerprint density at radius 1 is 2.00 bits per heavy atom. The van der Waals surface area contributed by atoms with E-state index in [1.54, 1.807) is 0 Å². The van der Waals surface area contributed by atoms with E-state index in [-0.39, 0.29) is 12.1 Å². The molecule has 0 N–H and O–H groups in total. The van der Waals surface area contributed by atoms with Gasteiger partial charge in [0, 0.05) is 17.9 Å². The highest BCUT2D eigenvalue weighted by Crippen LogP contribution is 1.96. The zero-order valence-electron chi connectivity index (χ0n) is 2.78. The molecule has 0 aliphatic rings. The molecule has 0 saturated heterocycles. The number of rotatable bonds is 2. The minimum absolute atomic E-state index is 0.284. The van der Waals surface area contributed by atoms with Crippen LogP contribution in [0.3, 0.4) is 0 Å². The first-order chi connectivity index (χ1) is 2.41. The molecule has 0 aliphatic carbocycles. The summed E-state index contributed by atoms with van der Waals surface area (Å²) in [6, 6.07) is 0. The zero-order valence-corrected chi connectivity index (χ0v) is 3.59. The fourth-order valence-electron chi connectivity index (χ4n) is 0.0445. The first-order valence-corrected chi connectivity index (χ1v) is 2.15. The highest BCUT2D eigenvalue weighted by molar-refractivity contribution is 7.94. The smallest absolute Gasteiger partial charge is 0.0484 e. The molecule has 0 aromatic rings. The Morgan fingerprint density at radius 2 is 2.60 bits per heavy atom. The van der Waals surface area contributed by atoms with Crippen LogP contribution in [-0.4, -0.2) is 5.75 Å². The van der Waals surface area contributed by atoms with Crippen LogP contribution in [0.4, 0.5) is 3.89 Å². The van der Waals surface area contributed by atoms with Crippen molar-refractivity contribution in [3.8, 4) is 0 Å². The van der Waals surface area contributed by atoms with Crippen molar-refractivity contribution in [1.29, 1.82) is 0 Å². The number of hydrogen-bond acceptors (Lipinski definition) is 1. The van der Waals surface area contributed by atoms with E-state index in [0.29, 0.717) is 5.75 Å². The average molecular weight is 92.1 g/mol. The molecular formula is C3H5FS. The lowest BCUT2D eigenvalue weighted by Gasteiger charge is -1.68. The molecule has 0 aromatic heterocycles. The molecular weight excluding hydrogens is 87.1 g/mol. The van der Waals surface area contributed by atoms with Gasteiger partial charge in [-0.3, -0.25) is 0 Å². The standard InChI is InChI=1S/C3H5FS/c1-2-3-5-4/h2H,1,3H2. The molecule has 0 unspecified atom stereocenters. The van der Waals surface area contributed by atoms with Crippen molar-refractivity contribution in [2.45, 2.75) is 0 Å². The van der Waals surface area contributed by atoms with Crippen molar-refractivity contribution in [2.24, 2.45) is 0 Å². The summed E-state index contributed by atoms with van der Waals surface area (Å²) < 4.78 is 10.8. The number of halogens is 1. The van der Waals surface area contributed by atoms with E-state index < -0.39 is 0 Å². The molecule has 0 spiro atoms. The third-order valence-corrected chi connectivity index (χ3v) is 0.543. The molecule has 0 fully saturated rings. The quantitative estimate of drug-likeness (QED) is 0.468. The van der Waals surface area contributed by atoms with Gasteiger partial charge in [0.1, 0.15) is 0 Å². The molecule has 0 heterocycles. The Labute approximate surface area is 35.4 Å². The second-order valence-corrected chi connectivity index (χ2v) is 1.12. The molecule has 0 bridgehead atoms. The van der Waals surface area contributed by atoms with Crippen LogP contribution in [0.1, 0.15) is 0 Å². The van der Waals surface area contributed by atoms with Crippen LogP contribution in [-0.2, 0) is 0 Å². The van der Waals surface area contributed by atoms with E-state index in [2.05, 4.69) is 6.58 Å². The first-order valence-electron chi connectivity index (χ1n) is 1.26. The Balaban J connectivity index is 2.40. The van der Waals surface area contributed by atoms with E-state index >= 15 is 0 Å². The third-order valence-electron chi connectivity index (χ3n) is 0.181. The van der Waals surface area contributed by atoms with Crippen molar-refractivity contribution in [3.63, 3.8) is 0 Å². The largest absolute Gasteiger partial charge is 0.165 e. The lowest BCUT2D eigenvalue weighted by atomic mass is 10.8. The lowest BCUT2D eigenvalue weighted by molar-refractivity contribution is 0.940. The summed E-state index contributed by atoms with van der Waals surface area (Å²) in [5, 5.41) is 0. The highest BCUT2D eigenvalue weighted by atomic mass is 32.2. The van der Waals surface area contributed by atoms with Crippen LogP contribution in [0.5, 0.6) is 0 Å². The Bertz CT molecular complexity index is 28.1. The van der Waals surface area contributed by atoms with Crippen LogP contribution in [0.2, 0.25) is 0 Å². The summed E-state index contributed by atoms with van der Waals surface area (Å²) >= 11 is 0.284. The van der Waals surface area contributed by atoms with Gasteiger partial charge >= 0.3 is 0 Å². The zero-order chi connectivity index (χ0) is 4.12. The summed E-state index contributed by atoms with van der Waals surface area (Å²) in [5.41, 5.74) is 0. The van der Waals surface area contributed by atoms with E-state index in [0.717, 1.165) is 0 Å². The van der Waals surface area contributed by atoms with Crippen LogP contribution < -0.4 is 0 Å². The monoisotopic (exact) mass is 92.0 g/mol. The maximum atomic E-state index is 10.8. The molecule has 30 valence electrons. The van der Waals surface area contributed by atoms with Gasteiger partial charge in [-0.05, 0) is 0 Å². The first kappa shape index (κ1) is 5.02. The minimum atomic E-state index is 0.284. The molecule has 5 heavy (non-hydrogen) atoms. The van der Waals surface area contributed by atoms with Gasteiger partial charge in [-0.15, -0.1) is 6.58 Å². The summed E-state index contributed by atoms with van der Waals surface area (Å²) in [4.78, 5) is 0. The van der Waals surface area contributed by atoms with Crippen molar-refractivity contribution in [1.82, 2.24) is 0 Å². The van der Waals surface area contributed by atoms with Gasteiger partial charge in [0.2, 0.25) is 0 Å². The fourth-order valence-corrected chi connectivity index (χ4v) is 0.134. The van der Waals surface area contributed by atoms with Gasteiger partial charge in [0.05, 0.1) is 0 Å². The van der Waals surface area contributed by atoms with Gasteiger partial charge in [-0.2, -0.15) is 3.89 Å². The fraction of sp³-hybridized carbons (Fsp3) is 0.333. The SMILES string of the molecule is C=CCSF. The van der Waals surface area contributed by atoms with Crippen LogP contribution in [0.25, 0.3) is 0 Å². The predicted molar refractivity (Wildman–Crippen MR) is 23.8 cm³/mol. The van der Waals surface area contributed by atoms with Crippen molar-refractivity contribution in [3.05, 3.63) is 12.7 Å². The topological polar surface area (TPSA) is 0 Å². The third kappa shape index (κ3) is 4.02. The van der Waals surface area contributed by atoms with Crippen LogP contribution in [0.15, 0.2) is 12.7 Å². The summed E-state index contributed by atoms with van der Waals surface area (Å²) in [6.07, 6.45) is 1.52. The van der Waals surface area contributed by atoms with Crippen molar-refractivity contribution < 1.29 is 3.89 Å². The molecule has 0 aliphatic heterocycles. The van der Waals surface area contributed by atoms with Gasteiger partial charge in [0.15, 0.2) is 0 Å². The lowest BCUT2D eigenvalue weighted by Crippen LogP contribution is -1.53. The van der Waals surface area contributed by atoms with Gasteiger partial charge in [-0.25, -0.2) is 0 Å². The van der Waals surface area contributed by atoms with E-state index in [1.807, 2.05) is 0 Å². The normalized spacial score (nSPS) is 7.40.